The van der Waals surface area contributed by atoms with Crippen LogP contribution in [0.15, 0.2) is 23.8 Å². The summed E-state index contributed by atoms with van der Waals surface area (Å²) in [5.41, 5.74) is 2.59. The third kappa shape index (κ3) is 1.49. The quantitative estimate of drug-likeness (QED) is 0.573. The molecule has 90 valence electrons. The molecule has 2 aliphatic carbocycles. The summed E-state index contributed by atoms with van der Waals surface area (Å²) in [6, 6.07) is 0. The Labute approximate surface area is 101 Å². The summed E-state index contributed by atoms with van der Waals surface area (Å²) >= 11 is 0. The minimum absolute atomic E-state index is 0.284. The van der Waals surface area contributed by atoms with Crippen LogP contribution < -0.4 is 0 Å². The molecule has 0 amide bonds. The Hall–Kier alpha value is -0.520. The van der Waals surface area contributed by atoms with E-state index in [1.807, 2.05) is 0 Å². The summed E-state index contributed by atoms with van der Waals surface area (Å²) < 4.78 is 0. The van der Waals surface area contributed by atoms with Gasteiger partial charge in [0.05, 0.1) is 0 Å². The second kappa shape index (κ2) is 3.48. The van der Waals surface area contributed by atoms with Crippen LogP contribution in [0.25, 0.3) is 0 Å². The Morgan fingerprint density at radius 1 is 1.12 bits per heavy atom. The molecule has 0 aromatic heterocycles. The van der Waals surface area contributed by atoms with E-state index in [2.05, 4.69) is 52.8 Å². The van der Waals surface area contributed by atoms with Crippen LogP contribution in [0, 0.1) is 16.2 Å². The van der Waals surface area contributed by atoms with Crippen LogP contribution in [0.2, 0.25) is 0 Å². The van der Waals surface area contributed by atoms with E-state index in [1.54, 1.807) is 0 Å². The van der Waals surface area contributed by atoms with Crippen LogP contribution in [0.3, 0.4) is 0 Å². The molecule has 0 bridgehead atoms. The van der Waals surface area contributed by atoms with Crippen molar-refractivity contribution in [2.45, 2.75) is 60.3 Å². The van der Waals surface area contributed by atoms with E-state index in [1.165, 1.54) is 31.3 Å². The Bertz CT molecular complexity index is 332. The lowest BCUT2D eigenvalue weighted by Gasteiger charge is -2.52. The van der Waals surface area contributed by atoms with Gasteiger partial charge < -0.3 is 0 Å². The molecule has 0 saturated heterocycles. The molecule has 0 aliphatic heterocycles. The van der Waals surface area contributed by atoms with Crippen molar-refractivity contribution in [1.82, 2.24) is 0 Å². The normalized spacial score (nSPS) is 33.2. The molecule has 1 unspecified atom stereocenters. The molecule has 0 aromatic carbocycles. The van der Waals surface area contributed by atoms with Crippen molar-refractivity contribution in [2.75, 3.05) is 0 Å². The third-order valence-electron chi connectivity index (χ3n) is 5.14. The van der Waals surface area contributed by atoms with Crippen LogP contribution in [0.4, 0.5) is 0 Å². The van der Waals surface area contributed by atoms with Crippen LogP contribution in [-0.4, -0.2) is 0 Å². The summed E-state index contributed by atoms with van der Waals surface area (Å²) in [4.78, 5) is 0. The van der Waals surface area contributed by atoms with E-state index in [0.29, 0.717) is 10.8 Å². The lowest BCUT2D eigenvalue weighted by atomic mass is 9.52. The smallest absolute Gasteiger partial charge is 0.0103 e. The van der Waals surface area contributed by atoms with E-state index in [9.17, 15) is 0 Å². The molecule has 0 spiro atoms. The molecule has 1 saturated carbocycles. The minimum atomic E-state index is 0.284. The molecular formula is C16H26. The van der Waals surface area contributed by atoms with Crippen molar-refractivity contribution in [3.63, 3.8) is 0 Å². The lowest BCUT2D eigenvalue weighted by Crippen LogP contribution is -2.44. The van der Waals surface area contributed by atoms with Gasteiger partial charge in [0.25, 0.3) is 0 Å². The fraction of sp³-hybridized carbons (Fsp3) is 0.750. The highest BCUT2D eigenvalue weighted by Gasteiger charge is 2.54. The van der Waals surface area contributed by atoms with Gasteiger partial charge >= 0.3 is 0 Å². The maximum absolute atomic E-state index is 2.50. The van der Waals surface area contributed by atoms with E-state index in [-0.39, 0.29) is 5.41 Å². The average molecular weight is 218 g/mol. The van der Waals surface area contributed by atoms with E-state index < -0.39 is 0 Å². The standard InChI is InChI=1S/C16H26/c1-13-8-11-15(5,12-13)16(14(2,3)4)9-6-7-10-16/h8,11-12H,6-7,9-10H2,1-5H3. The van der Waals surface area contributed by atoms with Gasteiger partial charge in [-0.2, -0.15) is 0 Å². The van der Waals surface area contributed by atoms with Crippen molar-refractivity contribution in [3.8, 4) is 0 Å². The van der Waals surface area contributed by atoms with Crippen molar-refractivity contribution < 1.29 is 0 Å². The van der Waals surface area contributed by atoms with Gasteiger partial charge in [-0.25, -0.2) is 0 Å². The number of hydrogen-bond donors (Lipinski definition) is 0. The van der Waals surface area contributed by atoms with Crippen LogP contribution in [-0.2, 0) is 0 Å². The second-order valence-corrected chi connectivity index (χ2v) is 7.04. The third-order valence-corrected chi connectivity index (χ3v) is 5.14. The van der Waals surface area contributed by atoms with Crippen molar-refractivity contribution in [3.05, 3.63) is 23.8 Å². The number of hydrogen-bond acceptors (Lipinski definition) is 0. The zero-order chi connectivity index (χ0) is 12.0. The Kier molecular flexibility index (Phi) is 2.60. The molecule has 0 heterocycles. The fourth-order valence-corrected chi connectivity index (χ4v) is 4.25. The van der Waals surface area contributed by atoms with Crippen LogP contribution in [0.1, 0.15) is 60.3 Å². The maximum Gasteiger partial charge on any atom is 0.0103 e. The molecule has 2 aliphatic rings. The fourth-order valence-electron chi connectivity index (χ4n) is 4.25. The lowest BCUT2D eigenvalue weighted by molar-refractivity contribution is 0.0109. The highest BCUT2D eigenvalue weighted by atomic mass is 14.6. The first kappa shape index (κ1) is 12.0. The van der Waals surface area contributed by atoms with Gasteiger partial charge in [-0.1, -0.05) is 64.3 Å². The van der Waals surface area contributed by atoms with Gasteiger partial charge in [-0.05, 0) is 30.6 Å². The number of allylic oxidation sites excluding steroid dienone is 4. The van der Waals surface area contributed by atoms with Crippen molar-refractivity contribution in [2.24, 2.45) is 16.2 Å². The molecule has 0 heteroatoms. The van der Waals surface area contributed by atoms with Gasteiger partial charge in [-0.3, -0.25) is 0 Å². The summed E-state index contributed by atoms with van der Waals surface area (Å²) in [7, 11) is 0. The largest absolute Gasteiger partial charge is 0.0740 e. The molecule has 0 radical (unpaired) electrons. The molecule has 0 aromatic rings. The van der Waals surface area contributed by atoms with Gasteiger partial charge in [0.15, 0.2) is 0 Å². The van der Waals surface area contributed by atoms with Crippen molar-refractivity contribution in [1.29, 1.82) is 0 Å². The first-order chi connectivity index (χ1) is 7.31. The predicted molar refractivity (Wildman–Crippen MR) is 71.4 cm³/mol. The first-order valence-corrected chi connectivity index (χ1v) is 6.70. The minimum Gasteiger partial charge on any atom is -0.0740 e. The van der Waals surface area contributed by atoms with E-state index in [0.717, 1.165) is 0 Å². The Morgan fingerprint density at radius 2 is 1.69 bits per heavy atom. The zero-order valence-corrected chi connectivity index (χ0v) is 11.6. The van der Waals surface area contributed by atoms with E-state index in [4.69, 9.17) is 0 Å². The molecule has 0 nitrogen and oxygen atoms in total. The Morgan fingerprint density at radius 3 is 2.06 bits per heavy atom. The van der Waals surface area contributed by atoms with Gasteiger partial charge in [0.1, 0.15) is 0 Å². The SMILES string of the molecule is CC1=CC(C)(C2(C(C)(C)C)CCCC2)C=C1. The zero-order valence-electron chi connectivity index (χ0n) is 11.6. The summed E-state index contributed by atoms with van der Waals surface area (Å²) in [5.74, 6) is 0. The summed E-state index contributed by atoms with van der Waals surface area (Å²) in [6.45, 7) is 12.0. The molecule has 0 N–H and O–H groups in total. The van der Waals surface area contributed by atoms with Gasteiger partial charge in [0.2, 0.25) is 0 Å². The van der Waals surface area contributed by atoms with Crippen molar-refractivity contribution >= 4 is 0 Å². The Balaban J connectivity index is 2.46. The molecule has 1 fully saturated rings. The molecule has 16 heavy (non-hydrogen) atoms. The molecule has 2 rings (SSSR count). The maximum atomic E-state index is 2.50. The first-order valence-electron chi connectivity index (χ1n) is 6.70. The topological polar surface area (TPSA) is 0 Å². The summed E-state index contributed by atoms with van der Waals surface area (Å²) in [5, 5.41) is 0. The number of rotatable bonds is 1. The molecular weight excluding hydrogens is 192 g/mol. The monoisotopic (exact) mass is 218 g/mol. The van der Waals surface area contributed by atoms with Crippen LogP contribution in [0.5, 0.6) is 0 Å². The van der Waals surface area contributed by atoms with Gasteiger partial charge in [-0.15, -0.1) is 0 Å². The van der Waals surface area contributed by atoms with Crippen LogP contribution >= 0.6 is 0 Å². The van der Waals surface area contributed by atoms with E-state index >= 15 is 0 Å². The molecule has 1 atom stereocenters. The predicted octanol–water partition coefficient (Wildman–Crippen LogP) is 5.12. The highest BCUT2D eigenvalue weighted by molar-refractivity contribution is 5.35. The van der Waals surface area contributed by atoms with Gasteiger partial charge in [0, 0.05) is 5.41 Å². The second-order valence-electron chi connectivity index (χ2n) is 7.04. The highest BCUT2D eigenvalue weighted by Crippen LogP contribution is 2.63. The average Bonchev–Trinajstić information content (AvgIpc) is 2.72. The summed E-state index contributed by atoms with van der Waals surface area (Å²) in [6.07, 6.45) is 12.9.